The maximum Gasteiger partial charge on any atom is 0.433 e. The zero-order valence-corrected chi connectivity index (χ0v) is 16.8. The third-order valence-corrected chi connectivity index (χ3v) is 4.96. The van der Waals surface area contributed by atoms with Crippen molar-refractivity contribution in [2.24, 2.45) is 5.92 Å². The Kier molecular flexibility index (Phi) is 6.15. The molecule has 0 aliphatic carbocycles. The highest BCUT2D eigenvalue weighted by atomic mass is 19.4. The van der Waals surface area contributed by atoms with Crippen LogP contribution in [0.5, 0.6) is 0 Å². The van der Waals surface area contributed by atoms with E-state index in [2.05, 4.69) is 10.3 Å². The predicted octanol–water partition coefficient (Wildman–Crippen LogP) is 3.88. The monoisotopic (exact) mass is 431 g/mol. The largest absolute Gasteiger partial charge is 0.433 e. The van der Waals surface area contributed by atoms with Crippen molar-refractivity contribution >= 4 is 23.3 Å². The molecule has 1 atom stereocenters. The van der Waals surface area contributed by atoms with Gasteiger partial charge < -0.3 is 10.2 Å². The molecule has 1 saturated heterocycles. The van der Waals surface area contributed by atoms with E-state index in [0.717, 1.165) is 12.3 Å². The smallest absolute Gasteiger partial charge is 0.325 e. The molecule has 1 fully saturated rings. The summed E-state index contributed by atoms with van der Waals surface area (Å²) in [6.07, 6.45) is -3.56. The zero-order chi connectivity index (χ0) is 22.8. The average molecular weight is 431 g/mol. The van der Waals surface area contributed by atoms with Gasteiger partial charge in [0.15, 0.2) is 0 Å². The van der Waals surface area contributed by atoms with Gasteiger partial charge in [0.2, 0.25) is 5.91 Å². The van der Waals surface area contributed by atoms with Gasteiger partial charge in [-0.1, -0.05) is 19.9 Å². The van der Waals surface area contributed by atoms with Crippen molar-refractivity contribution in [1.82, 2.24) is 9.88 Å². The Hall–Kier alpha value is -3.61. The average Bonchev–Trinajstić information content (AvgIpc) is 3.04. The Morgan fingerprint density at radius 2 is 2.06 bits per heavy atom. The molecule has 162 valence electrons. The molecule has 0 saturated carbocycles. The van der Waals surface area contributed by atoms with Gasteiger partial charge in [-0.05, 0) is 36.2 Å². The molecule has 2 aromatic rings. The van der Waals surface area contributed by atoms with Crippen LogP contribution in [0.15, 0.2) is 42.6 Å². The summed E-state index contributed by atoms with van der Waals surface area (Å²) in [4.78, 5) is 31.6. The SMILES string of the molecule is CC(C)[C@H]1CN(c2ccc(C(F)(F)F)nc2)C(=O)N1CC(=O)Nc1cccc(C#N)c1. The van der Waals surface area contributed by atoms with Gasteiger partial charge >= 0.3 is 12.2 Å². The lowest BCUT2D eigenvalue weighted by Crippen LogP contribution is -2.42. The molecule has 0 unspecified atom stereocenters. The number of nitrogens with zero attached hydrogens (tertiary/aromatic N) is 4. The minimum absolute atomic E-state index is 0.00562. The number of urea groups is 1. The summed E-state index contributed by atoms with van der Waals surface area (Å²) in [6, 6.07) is 9.58. The molecule has 10 heteroatoms. The summed E-state index contributed by atoms with van der Waals surface area (Å²) in [5.41, 5.74) is 0.00379. The van der Waals surface area contributed by atoms with E-state index in [4.69, 9.17) is 5.26 Å². The fourth-order valence-electron chi connectivity index (χ4n) is 3.37. The number of amides is 3. The van der Waals surface area contributed by atoms with Gasteiger partial charge in [-0.25, -0.2) is 9.78 Å². The predicted molar refractivity (Wildman–Crippen MR) is 107 cm³/mol. The van der Waals surface area contributed by atoms with Gasteiger partial charge in [-0.15, -0.1) is 0 Å². The van der Waals surface area contributed by atoms with Gasteiger partial charge in [0, 0.05) is 12.2 Å². The molecular formula is C21H20F3N5O2. The number of hydrogen-bond donors (Lipinski definition) is 1. The molecule has 1 aromatic heterocycles. The second-order valence-electron chi connectivity index (χ2n) is 7.47. The van der Waals surface area contributed by atoms with Crippen molar-refractivity contribution in [3.63, 3.8) is 0 Å². The normalized spacial score (nSPS) is 16.5. The molecule has 31 heavy (non-hydrogen) atoms. The molecule has 0 radical (unpaired) electrons. The standard InChI is InChI=1S/C21H20F3N5O2/c1-13(2)17-11-28(16-6-7-18(26-10-16)21(22,23)24)20(31)29(17)12-19(30)27-15-5-3-4-14(8-15)9-25/h3-8,10,13,17H,11-12H2,1-2H3,(H,27,30)/t17-/m1/s1. The van der Waals surface area contributed by atoms with Crippen LogP contribution in [0.1, 0.15) is 25.1 Å². The number of pyridine rings is 1. The second-order valence-corrected chi connectivity index (χ2v) is 7.47. The van der Waals surface area contributed by atoms with E-state index >= 15 is 0 Å². The molecule has 1 aliphatic rings. The Morgan fingerprint density at radius 1 is 1.32 bits per heavy atom. The molecule has 3 rings (SSSR count). The van der Waals surface area contributed by atoms with Crippen molar-refractivity contribution in [2.45, 2.75) is 26.1 Å². The van der Waals surface area contributed by atoms with Crippen LogP contribution in [0.4, 0.5) is 29.3 Å². The van der Waals surface area contributed by atoms with Gasteiger partial charge in [-0.2, -0.15) is 18.4 Å². The maximum absolute atomic E-state index is 13.0. The van der Waals surface area contributed by atoms with Crippen molar-refractivity contribution < 1.29 is 22.8 Å². The Bertz CT molecular complexity index is 1010. The number of benzene rings is 1. The van der Waals surface area contributed by atoms with Gasteiger partial charge in [0.05, 0.1) is 29.6 Å². The van der Waals surface area contributed by atoms with Crippen LogP contribution in [0.3, 0.4) is 0 Å². The lowest BCUT2D eigenvalue weighted by molar-refractivity contribution is -0.141. The van der Waals surface area contributed by atoms with E-state index < -0.39 is 23.8 Å². The molecule has 1 aliphatic heterocycles. The zero-order valence-electron chi connectivity index (χ0n) is 16.8. The minimum atomic E-state index is -4.57. The number of anilines is 2. The first kappa shape index (κ1) is 22.1. The van der Waals surface area contributed by atoms with E-state index in [1.165, 1.54) is 21.9 Å². The van der Waals surface area contributed by atoms with Gasteiger partial charge in [-0.3, -0.25) is 9.69 Å². The van der Waals surface area contributed by atoms with Crippen LogP contribution < -0.4 is 10.2 Å². The number of hydrogen-bond acceptors (Lipinski definition) is 4. The third-order valence-electron chi connectivity index (χ3n) is 4.96. The summed E-state index contributed by atoms with van der Waals surface area (Å²) < 4.78 is 38.3. The number of nitrogens with one attached hydrogen (secondary N) is 1. The van der Waals surface area contributed by atoms with Crippen LogP contribution in [0.25, 0.3) is 0 Å². The molecule has 0 bridgehead atoms. The lowest BCUT2D eigenvalue weighted by Gasteiger charge is -2.25. The van der Waals surface area contributed by atoms with Crippen LogP contribution in [-0.2, 0) is 11.0 Å². The number of carbonyl (C=O) groups is 2. The summed E-state index contributed by atoms with van der Waals surface area (Å²) >= 11 is 0. The number of alkyl halides is 3. The fraction of sp³-hybridized carbons (Fsp3) is 0.333. The van der Waals surface area contributed by atoms with Crippen LogP contribution in [0.2, 0.25) is 0 Å². The molecule has 1 N–H and O–H groups in total. The highest BCUT2D eigenvalue weighted by molar-refractivity contribution is 5.99. The summed E-state index contributed by atoms with van der Waals surface area (Å²) in [6.45, 7) is 3.78. The van der Waals surface area contributed by atoms with E-state index in [-0.39, 0.29) is 30.7 Å². The first-order chi connectivity index (χ1) is 14.6. The van der Waals surface area contributed by atoms with Gasteiger partial charge in [0.25, 0.3) is 0 Å². The molecule has 3 amide bonds. The molecule has 0 spiro atoms. The van der Waals surface area contributed by atoms with Crippen molar-refractivity contribution in [1.29, 1.82) is 5.26 Å². The Labute approximate surface area is 177 Å². The fourth-order valence-corrected chi connectivity index (χ4v) is 3.37. The first-order valence-corrected chi connectivity index (χ1v) is 9.51. The topological polar surface area (TPSA) is 89.3 Å². The minimum Gasteiger partial charge on any atom is -0.325 e. The summed E-state index contributed by atoms with van der Waals surface area (Å²) in [5.74, 6) is -0.437. The number of aromatic nitrogens is 1. The maximum atomic E-state index is 13.0. The third kappa shape index (κ3) is 4.94. The number of rotatable bonds is 5. The van der Waals surface area contributed by atoms with Gasteiger partial charge in [0.1, 0.15) is 12.2 Å². The van der Waals surface area contributed by atoms with E-state index in [1.807, 2.05) is 19.9 Å². The molecule has 7 nitrogen and oxygen atoms in total. The van der Waals surface area contributed by atoms with Crippen molar-refractivity contribution in [2.75, 3.05) is 23.3 Å². The van der Waals surface area contributed by atoms with E-state index in [1.54, 1.807) is 18.2 Å². The second kappa shape index (κ2) is 8.63. The lowest BCUT2D eigenvalue weighted by atomic mass is 10.0. The number of carbonyl (C=O) groups excluding carboxylic acids is 2. The number of nitriles is 1. The summed E-state index contributed by atoms with van der Waals surface area (Å²) in [5, 5.41) is 11.6. The van der Waals surface area contributed by atoms with Crippen LogP contribution >= 0.6 is 0 Å². The van der Waals surface area contributed by atoms with E-state index in [0.29, 0.717) is 11.3 Å². The highest BCUT2D eigenvalue weighted by Gasteiger charge is 2.41. The summed E-state index contributed by atoms with van der Waals surface area (Å²) in [7, 11) is 0. The first-order valence-electron chi connectivity index (χ1n) is 9.51. The molecule has 1 aromatic carbocycles. The quantitative estimate of drug-likeness (QED) is 0.778. The van der Waals surface area contributed by atoms with Crippen molar-refractivity contribution in [3.8, 4) is 6.07 Å². The molecular weight excluding hydrogens is 411 g/mol. The van der Waals surface area contributed by atoms with E-state index in [9.17, 15) is 22.8 Å². The van der Waals surface area contributed by atoms with Crippen LogP contribution in [-0.4, -0.2) is 41.0 Å². The number of halogens is 3. The Balaban J connectivity index is 1.76. The van der Waals surface area contributed by atoms with Crippen molar-refractivity contribution in [3.05, 3.63) is 53.9 Å². The molecule has 2 heterocycles. The highest BCUT2D eigenvalue weighted by Crippen LogP contribution is 2.31. The Morgan fingerprint density at radius 3 is 2.65 bits per heavy atom. The van der Waals surface area contributed by atoms with Crippen LogP contribution in [0, 0.1) is 17.2 Å².